The highest BCUT2D eigenvalue weighted by atomic mass is 19.1. The standard InChI is InChI=1S/C17H19FN2O4/c1-23-11-9-20(17(22)13-7-10-24-12-13)8-6-16(21)19-15-4-2-14(18)3-5-15/h2-5,7,10,12H,6,8-9,11H2,1H3,(H,19,21). The van der Waals surface area contributed by atoms with Gasteiger partial charge in [-0.2, -0.15) is 0 Å². The molecule has 24 heavy (non-hydrogen) atoms. The Labute approximate surface area is 139 Å². The second-order valence-electron chi connectivity index (χ2n) is 5.10. The lowest BCUT2D eigenvalue weighted by Gasteiger charge is -2.21. The molecule has 0 aliphatic heterocycles. The highest BCUT2D eigenvalue weighted by Gasteiger charge is 2.17. The maximum absolute atomic E-state index is 12.8. The molecule has 1 aromatic heterocycles. The second-order valence-corrected chi connectivity index (χ2v) is 5.10. The molecule has 0 bridgehead atoms. The zero-order valence-electron chi connectivity index (χ0n) is 13.3. The summed E-state index contributed by atoms with van der Waals surface area (Å²) in [6.45, 7) is 0.966. The smallest absolute Gasteiger partial charge is 0.257 e. The summed E-state index contributed by atoms with van der Waals surface area (Å²) in [4.78, 5) is 25.9. The van der Waals surface area contributed by atoms with E-state index in [1.165, 1.54) is 41.7 Å². The first kappa shape index (κ1) is 17.7. The number of halogens is 1. The van der Waals surface area contributed by atoms with E-state index in [0.29, 0.717) is 24.4 Å². The van der Waals surface area contributed by atoms with Crippen LogP contribution < -0.4 is 5.32 Å². The van der Waals surface area contributed by atoms with Gasteiger partial charge in [-0.15, -0.1) is 0 Å². The fraction of sp³-hybridized carbons (Fsp3) is 0.294. The summed E-state index contributed by atoms with van der Waals surface area (Å²) < 4.78 is 22.8. The molecule has 0 aliphatic rings. The first-order valence-electron chi connectivity index (χ1n) is 7.46. The number of nitrogens with one attached hydrogen (secondary N) is 1. The number of hydrogen-bond donors (Lipinski definition) is 1. The van der Waals surface area contributed by atoms with Crippen molar-refractivity contribution in [2.75, 3.05) is 32.1 Å². The molecule has 1 heterocycles. The van der Waals surface area contributed by atoms with E-state index in [-0.39, 0.29) is 30.6 Å². The van der Waals surface area contributed by atoms with Crippen molar-refractivity contribution in [3.05, 3.63) is 54.2 Å². The summed E-state index contributed by atoms with van der Waals surface area (Å²) in [7, 11) is 1.54. The third-order valence-electron chi connectivity index (χ3n) is 3.36. The molecule has 2 aromatic rings. The lowest BCUT2D eigenvalue weighted by atomic mass is 10.2. The zero-order valence-corrected chi connectivity index (χ0v) is 13.3. The Morgan fingerprint density at radius 2 is 1.96 bits per heavy atom. The average Bonchev–Trinajstić information content (AvgIpc) is 3.11. The van der Waals surface area contributed by atoms with E-state index in [2.05, 4.69) is 5.32 Å². The largest absolute Gasteiger partial charge is 0.472 e. The molecule has 0 saturated carbocycles. The van der Waals surface area contributed by atoms with Crippen molar-refractivity contribution in [3.8, 4) is 0 Å². The Morgan fingerprint density at radius 1 is 1.21 bits per heavy atom. The van der Waals surface area contributed by atoms with Crippen LogP contribution in [-0.2, 0) is 9.53 Å². The van der Waals surface area contributed by atoms with Gasteiger partial charge in [0.25, 0.3) is 5.91 Å². The number of hydrogen-bond acceptors (Lipinski definition) is 4. The van der Waals surface area contributed by atoms with Gasteiger partial charge in [-0.05, 0) is 30.3 Å². The molecule has 0 radical (unpaired) electrons. The van der Waals surface area contributed by atoms with Crippen LogP contribution in [0.4, 0.5) is 10.1 Å². The topological polar surface area (TPSA) is 71.8 Å². The van der Waals surface area contributed by atoms with Gasteiger partial charge in [0, 0.05) is 32.3 Å². The molecule has 128 valence electrons. The summed E-state index contributed by atoms with van der Waals surface area (Å²) in [6.07, 6.45) is 2.90. The van der Waals surface area contributed by atoms with Crippen molar-refractivity contribution >= 4 is 17.5 Å². The maximum Gasteiger partial charge on any atom is 0.257 e. The van der Waals surface area contributed by atoms with E-state index < -0.39 is 0 Å². The number of rotatable bonds is 8. The van der Waals surface area contributed by atoms with Crippen LogP contribution in [0.25, 0.3) is 0 Å². The maximum atomic E-state index is 12.8. The number of benzene rings is 1. The van der Waals surface area contributed by atoms with E-state index in [1.54, 1.807) is 13.2 Å². The molecular weight excluding hydrogens is 315 g/mol. The van der Waals surface area contributed by atoms with Crippen LogP contribution in [0.15, 0.2) is 47.3 Å². The molecule has 2 amide bonds. The quantitative estimate of drug-likeness (QED) is 0.805. The van der Waals surface area contributed by atoms with Crippen LogP contribution in [0.3, 0.4) is 0 Å². The minimum atomic E-state index is -0.371. The second kappa shape index (κ2) is 8.83. The number of nitrogens with zero attached hydrogens (tertiary/aromatic N) is 1. The monoisotopic (exact) mass is 334 g/mol. The first-order chi connectivity index (χ1) is 11.6. The van der Waals surface area contributed by atoms with Gasteiger partial charge in [-0.3, -0.25) is 9.59 Å². The predicted octanol–water partition coefficient (Wildman–Crippen LogP) is 2.54. The minimum absolute atomic E-state index is 0.116. The van der Waals surface area contributed by atoms with Crippen molar-refractivity contribution in [1.29, 1.82) is 0 Å². The number of ether oxygens (including phenoxy) is 1. The van der Waals surface area contributed by atoms with Crippen molar-refractivity contribution in [2.45, 2.75) is 6.42 Å². The van der Waals surface area contributed by atoms with E-state index >= 15 is 0 Å². The molecular formula is C17H19FN2O4. The van der Waals surface area contributed by atoms with Gasteiger partial charge in [0.05, 0.1) is 18.4 Å². The van der Waals surface area contributed by atoms with Gasteiger partial charge in [0.1, 0.15) is 12.1 Å². The number of amides is 2. The third kappa shape index (κ3) is 5.20. The van der Waals surface area contributed by atoms with E-state index in [0.717, 1.165) is 0 Å². The summed E-state index contributed by atoms with van der Waals surface area (Å²) in [5.41, 5.74) is 0.927. The van der Waals surface area contributed by atoms with E-state index in [9.17, 15) is 14.0 Å². The number of furan rings is 1. The molecule has 0 aliphatic carbocycles. The van der Waals surface area contributed by atoms with Crippen LogP contribution >= 0.6 is 0 Å². The summed E-state index contributed by atoms with van der Waals surface area (Å²) in [6, 6.07) is 7.06. The lowest BCUT2D eigenvalue weighted by molar-refractivity contribution is -0.116. The molecule has 0 unspecified atom stereocenters. The fourth-order valence-electron chi connectivity index (χ4n) is 2.08. The zero-order chi connectivity index (χ0) is 17.4. The minimum Gasteiger partial charge on any atom is -0.472 e. The van der Waals surface area contributed by atoms with Crippen molar-refractivity contribution in [3.63, 3.8) is 0 Å². The van der Waals surface area contributed by atoms with Crippen LogP contribution in [0.2, 0.25) is 0 Å². The Kier molecular flexibility index (Phi) is 6.51. The molecule has 1 N–H and O–H groups in total. The molecule has 0 fully saturated rings. The summed E-state index contributed by atoms with van der Waals surface area (Å²) >= 11 is 0. The molecule has 0 saturated heterocycles. The SMILES string of the molecule is COCCN(CCC(=O)Nc1ccc(F)cc1)C(=O)c1ccoc1. The Hall–Kier alpha value is -2.67. The predicted molar refractivity (Wildman–Crippen MR) is 86.1 cm³/mol. The van der Waals surface area contributed by atoms with Gasteiger partial charge in [0.2, 0.25) is 5.91 Å². The van der Waals surface area contributed by atoms with E-state index in [4.69, 9.17) is 9.15 Å². The van der Waals surface area contributed by atoms with Gasteiger partial charge in [0.15, 0.2) is 0 Å². The molecule has 7 heteroatoms. The Morgan fingerprint density at radius 3 is 2.58 bits per heavy atom. The Bertz CT molecular complexity index is 656. The fourth-order valence-corrected chi connectivity index (χ4v) is 2.08. The van der Waals surface area contributed by atoms with Gasteiger partial charge in [-0.1, -0.05) is 0 Å². The summed E-state index contributed by atoms with van der Waals surface area (Å²) in [5.74, 6) is -0.858. The van der Waals surface area contributed by atoms with Crippen molar-refractivity contribution in [1.82, 2.24) is 4.90 Å². The average molecular weight is 334 g/mol. The molecule has 2 rings (SSSR count). The molecule has 0 spiro atoms. The van der Waals surface area contributed by atoms with E-state index in [1.807, 2.05) is 0 Å². The van der Waals surface area contributed by atoms with Crippen LogP contribution in [0.1, 0.15) is 16.8 Å². The number of carbonyl (C=O) groups is 2. The summed E-state index contributed by atoms with van der Waals surface area (Å²) in [5, 5.41) is 2.66. The molecule has 1 aromatic carbocycles. The van der Waals surface area contributed by atoms with Crippen LogP contribution in [-0.4, -0.2) is 43.5 Å². The number of carbonyl (C=O) groups excluding carboxylic acids is 2. The van der Waals surface area contributed by atoms with Gasteiger partial charge < -0.3 is 19.4 Å². The van der Waals surface area contributed by atoms with Gasteiger partial charge >= 0.3 is 0 Å². The number of anilines is 1. The molecule has 6 nitrogen and oxygen atoms in total. The van der Waals surface area contributed by atoms with Crippen LogP contribution in [0.5, 0.6) is 0 Å². The van der Waals surface area contributed by atoms with Crippen molar-refractivity contribution in [2.24, 2.45) is 0 Å². The normalized spacial score (nSPS) is 10.4. The highest BCUT2D eigenvalue weighted by molar-refractivity contribution is 5.95. The van der Waals surface area contributed by atoms with Gasteiger partial charge in [-0.25, -0.2) is 4.39 Å². The Balaban J connectivity index is 1.90. The lowest BCUT2D eigenvalue weighted by Crippen LogP contribution is -2.36. The molecule has 0 atom stereocenters. The number of methoxy groups -OCH3 is 1. The highest BCUT2D eigenvalue weighted by Crippen LogP contribution is 2.10. The van der Waals surface area contributed by atoms with Crippen molar-refractivity contribution < 1.29 is 23.1 Å². The first-order valence-corrected chi connectivity index (χ1v) is 7.46. The van der Waals surface area contributed by atoms with Crippen LogP contribution in [0, 0.1) is 5.82 Å². The third-order valence-corrected chi connectivity index (χ3v) is 3.36.